The van der Waals surface area contributed by atoms with Crippen LogP contribution in [0, 0.1) is 0 Å². The second-order valence-electron chi connectivity index (χ2n) is 11.3. The molecule has 0 amide bonds. The van der Waals surface area contributed by atoms with Crippen LogP contribution in [0.4, 0.5) is 0 Å². The van der Waals surface area contributed by atoms with Crippen molar-refractivity contribution in [3.05, 3.63) is 179 Å². The van der Waals surface area contributed by atoms with Crippen molar-refractivity contribution in [2.24, 2.45) is 0 Å². The van der Waals surface area contributed by atoms with Crippen LogP contribution in [0.25, 0.3) is 0 Å². The van der Waals surface area contributed by atoms with E-state index in [-0.39, 0.29) is 25.1 Å². The topological polar surface area (TPSA) is 49.5 Å². The molecule has 0 N–H and O–H groups in total. The van der Waals surface area contributed by atoms with Crippen molar-refractivity contribution in [1.82, 2.24) is 0 Å². The zero-order chi connectivity index (χ0) is 29.6. The van der Waals surface area contributed by atoms with E-state index in [0.717, 1.165) is 27.8 Å². The van der Waals surface area contributed by atoms with Crippen molar-refractivity contribution in [2.45, 2.75) is 49.5 Å². The Kier molecular flexibility index (Phi) is 8.64. The van der Waals surface area contributed by atoms with E-state index in [9.17, 15) is 0 Å². The van der Waals surface area contributed by atoms with Gasteiger partial charge in [0.2, 0.25) is 0 Å². The van der Waals surface area contributed by atoms with E-state index in [0.29, 0.717) is 13.2 Å². The normalized spacial score (nSPS) is 22.7. The van der Waals surface area contributed by atoms with Crippen LogP contribution in [0.3, 0.4) is 0 Å². The fourth-order valence-electron chi connectivity index (χ4n) is 6.13. The van der Waals surface area contributed by atoms with Gasteiger partial charge in [-0.3, -0.25) is 0 Å². The van der Waals surface area contributed by atoms with Gasteiger partial charge < -0.3 is 23.7 Å². The predicted molar refractivity (Wildman–Crippen MR) is 169 cm³/mol. The lowest BCUT2D eigenvalue weighted by Crippen LogP contribution is -2.53. The number of rotatable bonds is 12. The molecule has 5 nitrogen and oxygen atoms in total. The van der Waals surface area contributed by atoms with Gasteiger partial charge in [0.15, 0.2) is 6.29 Å². The molecule has 2 aliphatic heterocycles. The van der Waals surface area contributed by atoms with E-state index < -0.39 is 17.8 Å². The van der Waals surface area contributed by atoms with Crippen molar-refractivity contribution in [2.75, 3.05) is 6.61 Å². The van der Waals surface area contributed by atoms with Gasteiger partial charge >= 0.3 is 0 Å². The zero-order valence-electron chi connectivity index (χ0n) is 24.5. The molecule has 5 atom stereocenters. The highest BCUT2D eigenvalue weighted by atomic mass is 16.8. The summed E-state index contributed by atoms with van der Waals surface area (Å²) < 4.78 is 32.9. The number of ether oxygens (including phenoxy) is 5. The summed E-state index contributed by atoms with van der Waals surface area (Å²) in [5.74, 6) is 0. The molecule has 5 aromatic carbocycles. The fourth-order valence-corrected chi connectivity index (χ4v) is 6.13. The first-order valence-corrected chi connectivity index (χ1v) is 15.2. The Labute approximate surface area is 259 Å². The monoisotopic (exact) mass is 584 g/mol. The van der Waals surface area contributed by atoms with Crippen LogP contribution in [0.2, 0.25) is 0 Å². The Hall–Kier alpha value is -4.10. The molecule has 7 rings (SSSR count). The Morgan fingerprint density at radius 3 is 1.34 bits per heavy atom. The average Bonchev–Trinajstić information content (AvgIpc) is 3.89. The van der Waals surface area contributed by atoms with Crippen LogP contribution >= 0.6 is 0 Å². The van der Waals surface area contributed by atoms with Gasteiger partial charge in [0.05, 0.1) is 19.8 Å². The van der Waals surface area contributed by atoms with E-state index in [4.69, 9.17) is 23.7 Å². The van der Waals surface area contributed by atoms with Gasteiger partial charge in [0.25, 0.3) is 0 Å². The van der Waals surface area contributed by atoms with Gasteiger partial charge in [-0.15, -0.1) is 0 Å². The number of hydrogen-bond acceptors (Lipinski definition) is 5. The summed E-state index contributed by atoms with van der Waals surface area (Å²) in [5.41, 5.74) is 4.41. The zero-order valence-corrected chi connectivity index (χ0v) is 24.5. The van der Waals surface area contributed by atoms with Gasteiger partial charge in [-0.1, -0.05) is 152 Å². The lowest BCUT2D eigenvalue weighted by Gasteiger charge is -2.40. The largest absolute Gasteiger partial charge is 0.368 e. The van der Waals surface area contributed by atoms with E-state index in [2.05, 4.69) is 97.1 Å². The highest BCUT2D eigenvalue weighted by molar-refractivity contribution is 5.47. The molecule has 0 unspecified atom stereocenters. The van der Waals surface area contributed by atoms with Crippen LogP contribution in [0.5, 0.6) is 0 Å². The molecule has 0 spiro atoms. The minimum absolute atomic E-state index is 0.183. The smallest absolute Gasteiger partial charge is 0.187 e. The molecule has 0 aromatic heterocycles. The summed E-state index contributed by atoms with van der Waals surface area (Å²) in [7, 11) is 0. The average molecular weight is 585 g/mol. The Bertz CT molecular complexity index is 1480. The summed E-state index contributed by atoms with van der Waals surface area (Å²) >= 11 is 0. The van der Waals surface area contributed by atoms with E-state index in [1.165, 1.54) is 0 Å². The molecule has 2 aliphatic rings. The second kappa shape index (κ2) is 13.3. The van der Waals surface area contributed by atoms with Crippen molar-refractivity contribution in [3.63, 3.8) is 0 Å². The Balaban J connectivity index is 1.22. The van der Waals surface area contributed by atoms with Crippen LogP contribution < -0.4 is 0 Å². The first kappa shape index (κ1) is 28.7. The third kappa shape index (κ3) is 6.11. The van der Waals surface area contributed by atoms with E-state index in [1.54, 1.807) is 0 Å². The van der Waals surface area contributed by atoms with Gasteiger partial charge in [-0.05, 0) is 27.8 Å². The van der Waals surface area contributed by atoms with Crippen LogP contribution in [-0.4, -0.2) is 37.3 Å². The number of hydrogen-bond donors (Lipinski definition) is 0. The summed E-state index contributed by atoms with van der Waals surface area (Å²) in [5, 5.41) is 0. The predicted octanol–water partition coefficient (Wildman–Crippen LogP) is 7.29. The lowest BCUT2D eigenvalue weighted by molar-refractivity contribution is -0.199. The van der Waals surface area contributed by atoms with Crippen molar-refractivity contribution >= 4 is 0 Å². The first-order chi connectivity index (χ1) is 21.8. The lowest BCUT2D eigenvalue weighted by atomic mass is 9.80. The SMILES string of the molecule is c1ccc(CO[C@@H]2[C@H]3O[C@@H]3O[C@H](COC(c3ccccc3)(c3ccccc3)c3ccccc3)[C@H]2OCc2ccccc2)cc1. The third-order valence-corrected chi connectivity index (χ3v) is 8.38. The molecule has 5 aromatic rings. The van der Waals surface area contributed by atoms with Crippen LogP contribution in [0.1, 0.15) is 27.8 Å². The van der Waals surface area contributed by atoms with Gasteiger partial charge in [0, 0.05) is 0 Å². The summed E-state index contributed by atoms with van der Waals surface area (Å²) in [6.07, 6.45) is -1.69. The second-order valence-corrected chi connectivity index (χ2v) is 11.3. The quantitative estimate of drug-likeness (QED) is 0.114. The van der Waals surface area contributed by atoms with E-state index in [1.807, 2.05) is 54.6 Å². The molecular formula is C39H36O5. The molecule has 44 heavy (non-hydrogen) atoms. The van der Waals surface area contributed by atoms with Crippen molar-refractivity contribution in [1.29, 1.82) is 0 Å². The standard InChI is InChI=1S/C39H36O5/c1-6-16-29(17-7-1)26-40-35-34(43-38-37(44-38)36(35)41-27-30-18-8-2-9-19-30)28-42-39(31-20-10-3-11-21-31,32-22-12-4-13-23-32)33-24-14-5-15-25-33/h1-25,34-38H,26-28H2/t34-,35-,36+,37-,38+/m1/s1. The third-order valence-electron chi connectivity index (χ3n) is 8.38. The minimum atomic E-state index is -0.876. The highest BCUT2D eigenvalue weighted by Crippen LogP contribution is 2.43. The molecule has 5 heteroatoms. The molecule has 0 radical (unpaired) electrons. The van der Waals surface area contributed by atoms with Gasteiger partial charge in [-0.25, -0.2) is 0 Å². The van der Waals surface area contributed by atoms with Gasteiger partial charge in [0.1, 0.15) is 30.0 Å². The fraction of sp³-hybridized carbons (Fsp3) is 0.231. The maximum atomic E-state index is 7.17. The molecule has 0 saturated carbocycles. The summed E-state index contributed by atoms with van der Waals surface area (Å²) in [4.78, 5) is 0. The minimum Gasteiger partial charge on any atom is -0.368 e. The molecule has 0 bridgehead atoms. The Morgan fingerprint density at radius 2 is 0.886 bits per heavy atom. The highest BCUT2D eigenvalue weighted by Gasteiger charge is 2.58. The van der Waals surface area contributed by atoms with Crippen molar-refractivity contribution in [3.8, 4) is 0 Å². The van der Waals surface area contributed by atoms with Gasteiger partial charge in [-0.2, -0.15) is 0 Å². The van der Waals surface area contributed by atoms with Crippen molar-refractivity contribution < 1.29 is 23.7 Å². The molecule has 222 valence electrons. The maximum absolute atomic E-state index is 7.17. The van der Waals surface area contributed by atoms with E-state index >= 15 is 0 Å². The Morgan fingerprint density at radius 1 is 0.477 bits per heavy atom. The molecule has 2 saturated heterocycles. The van der Waals surface area contributed by atoms with Crippen LogP contribution in [-0.2, 0) is 42.5 Å². The first-order valence-electron chi connectivity index (χ1n) is 15.2. The molecule has 0 aliphatic carbocycles. The van der Waals surface area contributed by atoms with Crippen LogP contribution in [0.15, 0.2) is 152 Å². The summed E-state index contributed by atoms with van der Waals surface area (Å²) in [6.45, 7) is 1.14. The summed E-state index contributed by atoms with van der Waals surface area (Å²) in [6, 6.07) is 51.5. The number of fused-ring (bicyclic) bond motifs is 1. The number of benzene rings is 5. The molecule has 2 fully saturated rings. The molecule has 2 heterocycles. The number of epoxide rings is 1. The maximum Gasteiger partial charge on any atom is 0.187 e. The molecular weight excluding hydrogens is 548 g/mol.